The lowest BCUT2D eigenvalue weighted by molar-refractivity contribution is -0.128. The van der Waals surface area contributed by atoms with Crippen molar-refractivity contribution >= 4 is 5.91 Å². The smallest absolute Gasteiger partial charge is 0.220 e. The highest BCUT2D eigenvalue weighted by molar-refractivity contribution is 5.78. The summed E-state index contributed by atoms with van der Waals surface area (Å²) in [5.74, 6) is 0.533. The normalized spacial score (nSPS) is 25.6. The number of carbonyl (C=O) groups excluding carboxylic acids is 1. The minimum atomic E-state index is -0.297. The van der Waals surface area contributed by atoms with E-state index in [0.717, 1.165) is 44.5 Å². The van der Waals surface area contributed by atoms with Crippen LogP contribution >= 0.6 is 0 Å². The molecule has 32 heavy (non-hydrogen) atoms. The second-order valence-corrected chi connectivity index (χ2v) is 9.44. The van der Waals surface area contributed by atoms with Gasteiger partial charge in [0.15, 0.2) is 0 Å². The quantitative estimate of drug-likeness (QED) is 0.770. The van der Waals surface area contributed by atoms with Gasteiger partial charge in [-0.1, -0.05) is 36.4 Å². The number of benzene rings is 2. The first-order chi connectivity index (χ1) is 15.6. The molecule has 0 aliphatic carbocycles. The van der Waals surface area contributed by atoms with Gasteiger partial charge in [-0.2, -0.15) is 0 Å². The van der Waals surface area contributed by atoms with Crippen LogP contribution < -0.4 is 10.1 Å². The first-order valence-electron chi connectivity index (χ1n) is 11.7. The second kappa shape index (κ2) is 9.20. The molecule has 0 saturated carbocycles. The lowest BCUT2D eigenvalue weighted by Crippen LogP contribution is -2.52. The summed E-state index contributed by atoms with van der Waals surface area (Å²) < 4.78 is 25.8. The van der Waals surface area contributed by atoms with Crippen molar-refractivity contribution in [2.24, 2.45) is 5.41 Å². The first kappa shape index (κ1) is 21.4. The number of hydrogen-bond donors (Lipinski definition) is 1. The van der Waals surface area contributed by atoms with E-state index < -0.39 is 0 Å². The van der Waals surface area contributed by atoms with Crippen molar-refractivity contribution in [1.29, 1.82) is 0 Å². The van der Waals surface area contributed by atoms with Gasteiger partial charge in [-0.15, -0.1) is 0 Å². The Bertz CT molecular complexity index is 937. The lowest BCUT2D eigenvalue weighted by Gasteiger charge is -2.49. The number of carbonyl (C=O) groups is 1. The third kappa shape index (κ3) is 4.52. The molecule has 170 valence electrons. The summed E-state index contributed by atoms with van der Waals surface area (Å²) in [7, 11) is 0. The van der Waals surface area contributed by atoms with Crippen molar-refractivity contribution in [1.82, 2.24) is 10.2 Å². The zero-order chi connectivity index (χ0) is 22.0. The van der Waals surface area contributed by atoms with Crippen molar-refractivity contribution < 1.29 is 18.7 Å². The Balaban J connectivity index is 1.37. The third-order valence-corrected chi connectivity index (χ3v) is 7.39. The summed E-state index contributed by atoms with van der Waals surface area (Å²) in [5.41, 5.74) is 2.20. The Morgan fingerprint density at radius 1 is 1.16 bits per heavy atom. The Labute approximate surface area is 188 Å². The molecule has 1 unspecified atom stereocenters. The van der Waals surface area contributed by atoms with Gasteiger partial charge in [0.2, 0.25) is 5.91 Å². The van der Waals surface area contributed by atoms with Crippen LogP contribution in [0.5, 0.6) is 5.75 Å². The molecule has 2 aromatic carbocycles. The van der Waals surface area contributed by atoms with Crippen molar-refractivity contribution in [2.75, 3.05) is 32.8 Å². The zero-order valence-corrected chi connectivity index (χ0v) is 18.4. The molecule has 3 fully saturated rings. The molecular formula is C26H31FN2O3. The average Bonchev–Trinajstić information content (AvgIpc) is 3.30. The monoisotopic (exact) mass is 438 g/mol. The minimum Gasteiger partial charge on any atom is -0.488 e. The molecule has 5 nitrogen and oxygen atoms in total. The van der Waals surface area contributed by atoms with Crippen molar-refractivity contribution in [3.05, 3.63) is 65.5 Å². The Morgan fingerprint density at radius 3 is 2.72 bits per heavy atom. The van der Waals surface area contributed by atoms with Crippen molar-refractivity contribution in [2.45, 2.75) is 44.2 Å². The SMILES string of the molecule is O=C1CC2(CCN(Cc3ccccc3)CC2)C(c2ccc(F)cc2O[C@@H]2CCOC2)CN1. The molecule has 3 heterocycles. The maximum absolute atomic E-state index is 14.2. The average molecular weight is 439 g/mol. The van der Waals surface area contributed by atoms with Crippen LogP contribution in [0, 0.1) is 11.2 Å². The number of nitrogens with one attached hydrogen (secondary N) is 1. The summed E-state index contributed by atoms with van der Waals surface area (Å²) in [5, 5.41) is 3.06. The van der Waals surface area contributed by atoms with E-state index in [2.05, 4.69) is 34.5 Å². The van der Waals surface area contributed by atoms with Gasteiger partial charge in [-0.3, -0.25) is 9.69 Å². The second-order valence-electron chi connectivity index (χ2n) is 9.44. The van der Waals surface area contributed by atoms with E-state index in [9.17, 15) is 9.18 Å². The molecule has 3 aliphatic heterocycles. The molecule has 0 aromatic heterocycles. The van der Waals surface area contributed by atoms with Crippen molar-refractivity contribution in [3.8, 4) is 5.75 Å². The summed E-state index contributed by atoms with van der Waals surface area (Å²) in [6.07, 6.45) is 3.18. The van der Waals surface area contributed by atoms with E-state index in [0.29, 0.717) is 31.9 Å². The number of rotatable bonds is 5. The van der Waals surface area contributed by atoms with Crippen LogP contribution in [0.15, 0.2) is 48.5 Å². The van der Waals surface area contributed by atoms with Gasteiger partial charge in [-0.25, -0.2) is 4.39 Å². The van der Waals surface area contributed by atoms with Gasteiger partial charge >= 0.3 is 0 Å². The largest absolute Gasteiger partial charge is 0.488 e. The van der Waals surface area contributed by atoms with E-state index in [1.54, 1.807) is 0 Å². The lowest BCUT2D eigenvalue weighted by atomic mass is 9.62. The zero-order valence-electron chi connectivity index (χ0n) is 18.4. The summed E-state index contributed by atoms with van der Waals surface area (Å²) >= 11 is 0. The van der Waals surface area contributed by atoms with Crippen LogP contribution in [0.25, 0.3) is 0 Å². The topological polar surface area (TPSA) is 50.8 Å². The molecule has 1 spiro atoms. The predicted molar refractivity (Wildman–Crippen MR) is 120 cm³/mol. The molecule has 2 atom stereocenters. The molecule has 0 bridgehead atoms. The summed E-state index contributed by atoms with van der Waals surface area (Å²) in [4.78, 5) is 14.9. The maximum Gasteiger partial charge on any atom is 0.220 e. The highest BCUT2D eigenvalue weighted by atomic mass is 19.1. The highest BCUT2D eigenvalue weighted by Crippen LogP contribution is 2.51. The summed E-state index contributed by atoms with van der Waals surface area (Å²) in [6.45, 7) is 4.62. The standard InChI is InChI=1S/C26H31FN2O3/c27-20-6-7-22(24(14-20)32-21-8-13-31-18-21)23-16-28-25(30)15-26(23)9-11-29(12-10-26)17-19-4-2-1-3-5-19/h1-7,14,21,23H,8-13,15-18H2,(H,28,30)/t21-,23?/m1/s1. The number of likely N-dealkylation sites (tertiary alicyclic amines) is 1. The summed E-state index contributed by atoms with van der Waals surface area (Å²) in [6, 6.07) is 15.4. The van der Waals surface area contributed by atoms with Crippen LogP contribution in [0.1, 0.15) is 42.7 Å². The molecule has 5 rings (SSSR count). The number of ether oxygens (including phenoxy) is 2. The fraction of sp³-hybridized carbons (Fsp3) is 0.500. The molecule has 3 aliphatic rings. The van der Waals surface area contributed by atoms with Crippen LogP contribution in [-0.4, -0.2) is 49.8 Å². The molecule has 1 N–H and O–H groups in total. The molecule has 6 heteroatoms. The molecule has 0 radical (unpaired) electrons. The van der Waals surface area contributed by atoms with Crippen molar-refractivity contribution in [3.63, 3.8) is 0 Å². The minimum absolute atomic E-state index is 0.0441. The van der Waals surface area contributed by atoms with Gasteiger partial charge in [-0.05, 0) is 48.5 Å². The van der Waals surface area contributed by atoms with Crippen LogP contribution in [-0.2, 0) is 16.1 Å². The van der Waals surface area contributed by atoms with Crippen LogP contribution in [0.4, 0.5) is 4.39 Å². The fourth-order valence-corrected chi connectivity index (χ4v) is 5.58. The Hall–Kier alpha value is -2.44. The van der Waals surface area contributed by atoms with Gasteiger partial charge in [0.05, 0.1) is 13.2 Å². The number of amides is 1. The van der Waals surface area contributed by atoms with E-state index >= 15 is 0 Å². The molecular weight excluding hydrogens is 407 g/mol. The van der Waals surface area contributed by atoms with Gasteiger partial charge in [0, 0.05) is 37.9 Å². The number of hydrogen-bond acceptors (Lipinski definition) is 4. The van der Waals surface area contributed by atoms with Crippen LogP contribution in [0.3, 0.4) is 0 Å². The fourth-order valence-electron chi connectivity index (χ4n) is 5.58. The molecule has 1 amide bonds. The number of halogens is 1. The van der Waals surface area contributed by atoms with Gasteiger partial charge in [0.1, 0.15) is 17.7 Å². The van der Waals surface area contributed by atoms with Crippen LogP contribution in [0.2, 0.25) is 0 Å². The Kier molecular flexibility index (Phi) is 6.15. The number of piperidine rings is 2. The van der Waals surface area contributed by atoms with E-state index in [4.69, 9.17) is 9.47 Å². The van der Waals surface area contributed by atoms with E-state index in [-0.39, 0.29) is 29.2 Å². The van der Waals surface area contributed by atoms with Gasteiger partial charge in [0.25, 0.3) is 0 Å². The predicted octanol–water partition coefficient (Wildman–Crippen LogP) is 3.88. The van der Waals surface area contributed by atoms with E-state index in [1.165, 1.54) is 17.7 Å². The molecule has 3 saturated heterocycles. The highest BCUT2D eigenvalue weighted by Gasteiger charge is 2.47. The molecule has 2 aromatic rings. The first-order valence-corrected chi connectivity index (χ1v) is 11.7. The Morgan fingerprint density at radius 2 is 1.97 bits per heavy atom. The maximum atomic E-state index is 14.2. The van der Waals surface area contributed by atoms with E-state index in [1.807, 2.05) is 12.1 Å². The van der Waals surface area contributed by atoms with Gasteiger partial charge < -0.3 is 14.8 Å². The third-order valence-electron chi connectivity index (χ3n) is 7.39. The number of nitrogens with zero attached hydrogens (tertiary/aromatic N) is 1.